The zero-order valence-corrected chi connectivity index (χ0v) is 14.6. The van der Waals surface area contributed by atoms with E-state index >= 15 is 0 Å². The largest absolute Gasteiger partial charge is 0.492 e. The maximum Gasteiger partial charge on any atom is 0.410 e. The van der Waals surface area contributed by atoms with Crippen LogP contribution in [0.2, 0.25) is 0 Å². The normalized spacial score (nSPS) is 17.6. The van der Waals surface area contributed by atoms with Gasteiger partial charge in [-0.05, 0) is 44.9 Å². The van der Waals surface area contributed by atoms with E-state index in [1.54, 1.807) is 17.3 Å². The van der Waals surface area contributed by atoms with Crippen LogP contribution in [0.25, 0.3) is 11.4 Å². The Bertz CT molecular complexity index is 670. The van der Waals surface area contributed by atoms with Crippen LogP contribution in [0.3, 0.4) is 0 Å². The number of ether oxygens (including phenoxy) is 2. The molecule has 3 rings (SSSR count). The molecule has 0 spiro atoms. The lowest BCUT2D eigenvalue weighted by Crippen LogP contribution is -2.42. The van der Waals surface area contributed by atoms with Gasteiger partial charge in [-0.3, -0.25) is 10.1 Å². The van der Waals surface area contributed by atoms with Crippen molar-refractivity contribution in [2.75, 3.05) is 19.7 Å². The van der Waals surface area contributed by atoms with Gasteiger partial charge in [-0.15, -0.1) is 0 Å². The Morgan fingerprint density at radius 1 is 1.40 bits per heavy atom. The highest BCUT2D eigenvalue weighted by atomic mass is 16.6. The van der Waals surface area contributed by atoms with E-state index in [2.05, 4.69) is 15.2 Å². The molecule has 0 aliphatic carbocycles. The standard InChI is InChI=1S/C18H24N4O3/c1-13(2)25-18(23)22-9-3-4-14(11-22)12-24-15-5-6-16(19-10-15)17-7-8-20-21-17/h5-8,10,13-14H,3-4,9,11-12H2,1-2H3,(H,20,21)/t14-/m1/s1. The van der Waals surface area contributed by atoms with E-state index in [0.29, 0.717) is 19.1 Å². The van der Waals surface area contributed by atoms with Gasteiger partial charge in [0.2, 0.25) is 0 Å². The molecule has 1 fully saturated rings. The van der Waals surface area contributed by atoms with Crippen molar-refractivity contribution < 1.29 is 14.3 Å². The number of carbonyl (C=O) groups is 1. The van der Waals surface area contributed by atoms with Crippen LogP contribution in [-0.2, 0) is 4.74 Å². The third kappa shape index (κ3) is 4.71. The predicted octanol–water partition coefficient (Wildman–Crippen LogP) is 3.11. The third-order valence-electron chi connectivity index (χ3n) is 4.11. The summed E-state index contributed by atoms with van der Waals surface area (Å²) < 4.78 is 11.1. The van der Waals surface area contributed by atoms with Crippen LogP contribution in [0.1, 0.15) is 26.7 Å². The minimum atomic E-state index is -0.231. The first-order valence-corrected chi connectivity index (χ1v) is 8.66. The fraction of sp³-hybridized carbons (Fsp3) is 0.500. The number of rotatable bonds is 5. The number of hydrogen-bond acceptors (Lipinski definition) is 5. The van der Waals surface area contributed by atoms with Crippen LogP contribution in [0, 0.1) is 5.92 Å². The number of aromatic amines is 1. The zero-order chi connectivity index (χ0) is 17.6. The molecule has 2 aromatic heterocycles. The lowest BCUT2D eigenvalue weighted by molar-refractivity contribution is 0.0565. The van der Waals surface area contributed by atoms with Gasteiger partial charge in [0.05, 0.1) is 30.3 Å². The second-order valence-corrected chi connectivity index (χ2v) is 6.55. The summed E-state index contributed by atoms with van der Waals surface area (Å²) in [6.07, 6.45) is 5.10. The summed E-state index contributed by atoms with van der Waals surface area (Å²) in [6.45, 7) is 5.72. The molecule has 7 heteroatoms. The molecule has 0 radical (unpaired) electrons. The summed E-state index contributed by atoms with van der Waals surface area (Å²) in [7, 11) is 0. The highest BCUT2D eigenvalue weighted by molar-refractivity contribution is 5.67. The van der Waals surface area contributed by atoms with Gasteiger partial charge >= 0.3 is 6.09 Å². The van der Waals surface area contributed by atoms with Crippen molar-refractivity contribution in [1.29, 1.82) is 0 Å². The Balaban J connectivity index is 1.50. The Morgan fingerprint density at radius 2 is 2.28 bits per heavy atom. The monoisotopic (exact) mass is 344 g/mol. The fourth-order valence-electron chi connectivity index (χ4n) is 2.88. The molecule has 1 amide bonds. The highest BCUT2D eigenvalue weighted by Gasteiger charge is 2.25. The molecule has 1 atom stereocenters. The molecule has 1 aliphatic heterocycles. The molecular weight excluding hydrogens is 320 g/mol. The molecule has 1 saturated heterocycles. The van der Waals surface area contributed by atoms with Gasteiger partial charge in [-0.1, -0.05) is 0 Å². The summed E-state index contributed by atoms with van der Waals surface area (Å²) in [5, 5.41) is 6.80. The van der Waals surface area contributed by atoms with E-state index < -0.39 is 0 Å². The number of piperidine rings is 1. The van der Waals surface area contributed by atoms with Crippen LogP contribution in [0.5, 0.6) is 5.75 Å². The Morgan fingerprint density at radius 3 is 2.96 bits per heavy atom. The van der Waals surface area contributed by atoms with E-state index in [1.165, 1.54) is 0 Å². The van der Waals surface area contributed by atoms with Crippen LogP contribution in [0.4, 0.5) is 4.79 Å². The first-order valence-electron chi connectivity index (χ1n) is 8.66. The third-order valence-corrected chi connectivity index (χ3v) is 4.11. The smallest absolute Gasteiger partial charge is 0.410 e. The molecule has 0 bridgehead atoms. The van der Waals surface area contributed by atoms with Crippen LogP contribution in [0.15, 0.2) is 30.6 Å². The van der Waals surface area contributed by atoms with Crippen molar-refractivity contribution in [3.05, 3.63) is 30.6 Å². The van der Waals surface area contributed by atoms with Gasteiger partial charge in [0, 0.05) is 25.2 Å². The highest BCUT2D eigenvalue weighted by Crippen LogP contribution is 2.21. The number of likely N-dealkylation sites (tertiary alicyclic amines) is 1. The van der Waals surface area contributed by atoms with Gasteiger partial charge < -0.3 is 14.4 Å². The molecule has 0 aromatic carbocycles. The average molecular weight is 344 g/mol. The Kier molecular flexibility index (Phi) is 5.53. The van der Waals surface area contributed by atoms with E-state index in [9.17, 15) is 4.79 Å². The van der Waals surface area contributed by atoms with Crippen LogP contribution in [-0.4, -0.2) is 52.0 Å². The van der Waals surface area contributed by atoms with Crippen molar-refractivity contribution in [2.24, 2.45) is 5.92 Å². The first-order chi connectivity index (χ1) is 12.1. The molecule has 1 N–H and O–H groups in total. The lowest BCUT2D eigenvalue weighted by atomic mass is 9.99. The van der Waals surface area contributed by atoms with Crippen molar-refractivity contribution in [3.8, 4) is 17.1 Å². The lowest BCUT2D eigenvalue weighted by Gasteiger charge is -2.32. The molecular formula is C18H24N4O3. The van der Waals surface area contributed by atoms with E-state index in [-0.39, 0.29) is 12.2 Å². The Hall–Kier alpha value is -2.57. The molecule has 0 unspecified atom stereocenters. The minimum Gasteiger partial charge on any atom is -0.492 e. The maximum absolute atomic E-state index is 12.0. The number of nitrogens with zero attached hydrogens (tertiary/aromatic N) is 3. The van der Waals surface area contributed by atoms with Gasteiger partial charge in [0.25, 0.3) is 0 Å². The summed E-state index contributed by atoms with van der Waals surface area (Å²) in [5.74, 6) is 1.03. The molecule has 2 aromatic rings. The number of nitrogens with one attached hydrogen (secondary N) is 1. The fourth-order valence-corrected chi connectivity index (χ4v) is 2.88. The van der Waals surface area contributed by atoms with E-state index in [0.717, 1.165) is 36.5 Å². The SMILES string of the molecule is CC(C)OC(=O)N1CCC[C@@H](COc2ccc(-c3ccn[nH]3)nc2)C1. The van der Waals surface area contributed by atoms with E-state index in [1.807, 2.05) is 32.0 Å². The number of aromatic nitrogens is 3. The molecule has 3 heterocycles. The number of carbonyl (C=O) groups excluding carboxylic acids is 1. The first kappa shape index (κ1) is 17.3. The van der Waals surface area contributed by atoms with Crippen molar-refractivity contribution in [1.82, 2.24) is 20.1 Å². The number of amides is 1. The predicted molar refractivity (Wildman–Crippen MR) is 93.2 cm³/mol. The van der Waals surface area contributed by atoms with Gasteiger partial charge in [0.15, 0.2) is 0 Å². The van der Waals surface area contributed by atoms with Gasteiger partial charge in [-0.25, -0.2) is 4.79 Å². The van der Waals surface area contributed by atoms with Crippen molar-refractivity contribution in [3.63, 3.8) is 0 Å². The van der Waals surface area contributed by atoms with Crippen LogP contribution < -0.4 is 4.74 Å². The molecule has 7 nitrogen and oxygen atoms in total. The number of pyridine rings is 1. The topological polar surface area (TPSA) is 80.3 Å². The number of hydrogen-bond donors (Lipinski definition) is 1. The van der Waals surface area contributed by atoms with Crippen molar-refractivity contribution >= 4 is 6.09 Å². The zero-order valence-electron chi connectivity index (χ0n) is 14.6. The molecule has 1 aliphatic rings. The quantitative estimate of drug-likeness (QED) is 0.901. The maximum atomic E-state index is 12.0. The summed E-state index contributed by atoms with van der Waals surface area (Å²) in [6, 6.07) is 5.67. The second-order valence-electron chi connectivity index (χ2n) is 6.55. The summed E-state index contributed by atoms with van der Waals surface area (Å²) >= 11 is 0. The minimum absolute atomic E-state index is 0.0939. The average Bonchev–Trinajstić information content (AvgIpc) is 3.15. The summed E-state index contributed by atoms with van der Waals surface area (Å²) in [5.41, 5.74) is 1.70. The number of H-pyrrole nitrogens is 1. The molecule has 0 saturated carbocycles. The second kappa shape index (κ2) is 8.00. The Labute approximate surface area is 147 Å². The van der Waals surface area contributed by atoms with Gasteiger partial charge in [-0.2, -0.15) is 5.10 Å². The van der Waals surface area contributed by atoms with Crippen LogP contribution >= 0.6 is 0 Å². The summed E-state index contributed by atoms with van der Waals surface area (Å²) in [4.78, 5) is 18.2. The van der Waals surface area contributed by atoms with Gasteiger partial charge in [0.1, 0.15) is 5.75 Å². The molecule has 25 heavy (non-hydrogen) atoms. The van der Waals surface area contributed by atoms with Crippen molar-refractivity contribution in [2.45, 2.75) is 32.8 Å². The molecule has 134 valence electrons. The van der Waals surface area contributed by atoms with E-state index in [4.69, 9.17) is 9.47 Å².